The number of hydrogen-bond acceptors (Lipinski definition) is 4. The number of rotatable bonds is 5. The van der Waals surface area contributed by atoms with Crippen LogP contribution in [0.2, 0.25) is 0 Å². The molecule has 0 saturated heterocycles. The predicted molar refractivity (Wildman–Crippen MR) is 108 cm³/mol. The van der Waals surface area contributed by atoms with Crippen LogP contribution in [0.5, 0.6) is 5.75 Å². The molecule has 142 valence electrons. The number of methoxy groups -OCH3 is 1. The minimum absolute atomic E-state index is 0.169. The number of carbonyl (C=O) groups is 2. The monoisotopic (exact) mass is 374 g/mol. The second-order valence-corrected chi connectivity index (χ2v) is 6.94. The van der Waals surface area contributed by atoms with Crippen LogP contribution in [0.1, 0.15) is 45.7 Å². The van der Waals surface area contributed by atoms with E-state index >= 15 is 0 Å². The van der Waals surface area contributed by atoms with Crippen molar-refractivity contribution >= 4 is 11.9 Å². The molecule has 3 aromatic rings. The van der Waals surface area contributed by atoms with Crippen molar-refractivity contribution in [3.63, 3.8) is 0 Å². The van der Waals surface area contributed by atoms with E-state index in [1.807, 2.05) is 30.3 Å². The third kappa shape index (κ3) is 3.96. The van der Waals surface area contributed by atoms with E-state index in [0.717, 1.165) is 5.56 Å². The van der Waals surface area contributed by atoms with E-state index in [1.165, 1.54) is 18.7 Å². The molecular formula is C24H22O4. The van der Waals surface area contributed by atoms with Gasteiger partial charge in [0.2, 0.25) is 0 Å². The molecule has 0 spiro atoms. The fourth-order valence-corrected chi connectivity index (χ4v) is 3.07. The van der Waals surface area contributed by atoms with Crippen molar-refractivity contribution in [2.75, 3.05) is 7.11 Å². The molecule has 0 aromatic heterocycles. The average Bonchev–Trinajstić information content (AvgIpc) is 2.74. The fraction of sp³-hybridized carbons (Fsp3) is 0.167. The van der Waals surface area contributed by atoms with Crippen molar-refractivity contribution in [1.29, 1.82) is 0 Å². The summed E-state index contributed by atoms with van der Waals surface area (Å²) < 4.78 is 10.2. The Kier molecular flexibility index (Phi) is 5.59. The van der Waals surface area contributed by atoms with Crippen molar-refractivity contribution in [2.45, 2.75) is 19.3 Å². The van der Waals surface area contributed by atoms with Crippen LogP contribution in [-0.4, -0.2) is 19.0 Å². The van der Waals surface area contributed by atoms with Crippen molar-refractivity contribution in [2.24, 2.45) is 0 Å². The molecule has 0 N–H and O–H groups in total. The third-order valence-electron chi connectivity index (χ3n) is 4.83. The number of esters is 2. The molecule has 0 atom stereocenters. The molecular weight excluding hydrogens is 352 g/mol. The van der Waals surface area contributed by atoms with Gasteiger partial charge in [-0.1, -0.05) is 68.4 Å². The van der Waals surface area contributed by atoms with Gasteiger partial charge < -0.3 is 9.47 Å². The zero-order chi connectivity index (χ0) is 20.1. The number of benzene rings is 3. The van der Waals surface area contributed by atoms with Gasteiger partial charge in [0.25, 0.3) is 0 Å². The van der Waals surface area contributed by atoms with Gasteiger partial charge in [0.1, 0.15) is 5.75 Å². The Morgan fingerprint density at radius 2 is 1.18 bits per heavy atom. The van der Waals surface area contributed by atoms with Crippen LogP contribution in [-0.2, 0) is 10.2 Å². The molecule has 3 aromatic carbocycles. The first-order valence-corrected chi connectivity index (χ1v) is 8.99. The Hall–Kier alpha value is -3.40. The van der Waals surface area contributed by atoms with E-state index in [-0.39, 0.29) is 16.5 Å². The second-order valence-electron chi connectivity index (χ2n) is 6.94. The predicted octanol–water partition coefficient (Wildman–Crippen LogP) is 5.02. The van der Waals surface area contributed by atoms with Crippen molar-refractivity contribution < 1.29 is 19.1 Å². The highest BCUT2D eigenvalue weighted by atomic mass is 16.5. The first-order valence-electron chi connectivity index (χ1n) is 8.99. The summed E-state index contributed by atoms with van der Waals surface area (Å²) in [6.07, 6.45) is 0. The van der Waals surface area contributed by atoms with Crippen molar-refractivity contribution in [3.8, 4) is 5.75 Å². The lowest BCUT2D eigenvalue weighted by Gasteiger charge is -2.26. The highest BCUT2D eigenvalue weighted by Gasteiger charge is 2.23. The first-order chi connectivity index (χ1) is 13.4. The van der Waals surface area contributed by atoms with Crippen molar-refractivity contribution in [1.82, 2.24) is 0 Å². The maximum absolute atomic E-state index is 12.5. The van der Waals surface area contributed by atoms with Crippen LogP contribution in [0.4, 0.5) is 0 Å². The maximum atomic E-state index is 12.5. The van der Waals surface area contributed by atoms with Gasteiger partial charge >= 0.3 is 11.9 Å². The van der Waals surface area contributed by atoms with E-state index in [0.29, 0.717) is 5.75 Å². The number of hydrogen-bond donors (Lipinski definition) is 0. The zero-order valence-electron chi connectivity index (χ0n) is 16.1. The lowest BCUT2D eigenvalue weighted by molar-refractivity contribution is 0.0587. The minimum atomic E-state index is -0.601. The molecule has 0 aliphatic rings. The van der Waals surface area contributed by atoms with Crippen LogP contribution in [0.3, 0.4) is 0 Å². The molecule has 0 fully saturated rings. The minimum Gasteiger partial charge on any atom is -0.465 e. The van der Waals surface area contributed by atoms with E-state index in [1.54, 1.807) is 30.3 Å². The normalized spacial score (nSPS) is 11.0. The van der Waals surface area contributed by atoms with Gasteiger partial charge in [-0.25, -0.2) is 9.59 Å². The van der Waals surface area contributed by atoms with E-state index in [2.05, 4.69) is 26.0 Å². The average molecular weight is 374 g/mol. The molecule has 3 rings (SSSR count). The highest BCUT2D eigenvalue weighted by Crippen LogP contribution is 2.32. The molecule has 28 heavy (non-hydrogen) atoms. The molecule has 4 heteroatoms. The second kappa shape index (κ2) is 8.09. The van der Waals surface area contributed by atoms with Crippen LogP contribution in [0.25, 0.3) is 0 Å². The van der Waals surface area contributed by atoms with Gasteiger partial charge in [0.15, 0.2) is 0 Å². The molecule has 0 unspecified atom stereocenters. The third-order valence-corrected chi connectivity index (χ3v) is 4.83. The molecule has 0 aliphatic heterocycles. The quantitative estimate of drug-likeness (QED) is 0.465. The number of carbonyl (C=O) groups excluding carboxylic acids is 2. The molecule has 0 amide bonds. The summed E-state index contributed by atoms with van der Waals surface area (Å²) in [5.41, 5.74) is 2.47. The van der Waals surface area contributed by atoms with E-state index in [9.17, 15) is 9.59 Å². The Bertz CT molecular complexity index is 973. The zero-order valence-corrected chi connectivity index (χ0v) is 16.1. The smallest absolute Gasteiger partial charge is 0.344 e. The van der Waals surface area contributed by atoms with Gasteiger partial charge in [0.05, 0.1) is 18.2 Å². The highest BCUT2D eigenvalue weighted by molar-refractivity contribution is 6.03. The van der Waals surface area contributed by atoms with E-state index in [4.69, 9.17) is 9.47 Å². The van der Waals surface area contributed by atoms with Gasteiger partial charge in [-0.05, 0) is 35.4 Å². The molecule has 0 saturated carbocycles. The maximum Gasteiger partial charge on any atom is 0.344 e. The first kappa shape index (κ1) is 19.4. The summed E-state index contributed by atoms with van der Waals surface area (Å²) in [6.45, 7) is 4.30. The Labute approximate surface area is 164 Å². The standard InChI is InChI=1S/C24H22O4/c1-24(2,17-9-5-4-6-10-17)18-13-15-19(16-14-18)28-23(26)21-12-8-7-11-20(21)22(25)27-3/h4-16H,1-3H3. The summed E-state index contributed by atoms with van der Waals surface area (Å²) >= 11 is 0. The van der Waals surface area contributed by atoms with Gasteiger partial charge in [-0.3, -0.25) is 0 Å². The molecule has 0 radical (unpaired) electrons. The van der Waals surface area contributed by atoms with Gasteiger partial charge in [-0.15, -0.1) is 0 Å². The SMILES string of the molecule is COC(=O)c1ccccc1C(=O)Oc1ccc(C(C)(C)c2ccccc2)cc1. The van der Waals surface area contributed by atoms with Gasteiger partial charge in [0, 0.05) is 5.41 Å². The molecule has 4 nitrogen and oxygen atoms in total. The summed E-state index contributed by atoms with van der Waals surface area (Å²) in [5, 5.41) is 0. The molecule has 0 heterocycles. The topological polar surface area (TPSA) is 52.6 Å². The Balaban J connectivity index is 1.80. The van der Waals surface area contributed by atoms with Crippen LogP contribution in [0, 0.1) is 0 Å². The lowest BCUT2D eigenvalue weighted by atomic mass is 9.78. The number of ether oxygens (including phenoxy) is 2. The summed E-state index contributed by atoms with van der Waals surface area (Å²) in [7, 11) is 1.28. The Morgan fingerprint density at radius 1 is 0.679 bits per heavy atom. The summed E-state index contributed by atoms with van der Waals surface area (Å²) in [5.74, 6) is -0.763. The lowest BCUT2D eigenvalue weighted by Crippen LogP contribution is -2.19. The molecule has 0 bridgehead atoms. The van der Waals surface area contributed by atoms with Gasteiger partial charge in [-0.2, -0.15) is 0 Å². The van der Waals surface area contributed by atoms with Crippen molar-refractivity contribution in [3.05, 3.63) is 101 Å². The largest absolute Gasteiger partial charge is 0.465 e. The summed E-state index contributed by atoms with van der Waals surface area (Å²) in [6, 6.07) is 24.1. The summed E-state index contributed by atoms with van der Waals surface area (Å²) in [4.78, 5) is 24.4. The molecule has 0 aliphatic carbocycles. The van der Waals surface area contributed by atoms with Crippen LogP contribution < -0.4 is 4.74 Å². The van der Waals surface area contributed by atoms with Crippen LogP contribution in [0.15, 0.2) is 78.9 Å². The van der Waals surface area contributed by atoms with E-state index < -0.39 is 11.9 Å². The Morgan fingerprint density at radius 3 is 1.75 bits per heavy atom. The fourth-order valence-electron chi connectivity index (χ4n) is 3.07. The van der Waals surface area contributed by atoms with Crippen LogP contribution >= 0.6 is 0 Å².